The molecule has 3 aromatic rings. The number of carbonyl (C=O) groups is 3. The average Bonchev–Trinajstić information content (AvgIpc) is 3.18. The maximum Gasteiger partial charge on any atom is 0.300 e. The fraction of sp³-hybridized carbons (Fsp3) is 0.281. The van der Waals surface area contributed by atoms with E-state index in [1.54, 1.807) is 36.4 Å². The summed E-state index contributed by atoms with van der Waals surface area (Å²) < 4.78 is 5.77. The summed E-state index contributed by atoms with van der Waals surface area (Å²) in [4.78, 5) is 41.9. The first-order valence-corrected chi connectivity index (χ1v) is 13.3. The Morgan fingerprint density at radius 2 is 1.68 bits per heavy atom. The number of ether oxygens (including phenoxy) is 1. The van der Waals surface area contributed by atoms with Gasteiger partial charge in [0.2, 0.25) is 5.91 Å². The summed E-state index contributed by atoms with van der Waals surface area (Å²) >= 11 is 0. The van der Waals surface area contributed by atoms with Gasteiger partial charge in [0.25, 0.3) is 11.7 Å². The summed E-state index contributed by atoms with van der Waals surface area (Å²) in [6.07, 6.45) is 0. The number of benzene rings is 3. The second-order valence-corrected chi connectivity index (χ2v) is 10.2. The van der Waals surface area contributed by atoms with Gasteiger partial charge >= 0.3 is 0 Å². The zero-order valence-corrected chi connectivity index (χ0v) is 23.7. The first-order valence-electron chi connectivity index (χ1n) is 13.3. The number of amides is 2. The van der Waals surface area contributed by atoms with Crippen LogP contribution in [0.25, 0.3) is 5.76 Å². The Morgan fingerprint density at radius 1 is 1.02 bits per heavy atom. The van der Waals surface area contributed by atoms with E-state index in [1.165, 1.54) is 11.8 Å². The molecule has 4 rings (SSSR count). The van der Waals surface area contributed by atoms with Crippen molar-refractivity contribution < 1.29 is 24.2 Å². The van der Waals surface area contributed by atoms with Crippen LogP contribution in [-0.4, -0.2) is 43.4 Å². The minimum atomic E-state index is -0.864. The zero-order valence-electron chi connectivity index (χ0n) is 23.7. The number of ketones is 1. The van der Waals surface area contributed by atoms with Crippen molar-refractivity contribution in [3.63, 3.8) is 0 Å². The summed E-state index contributed by atoms with van der Waals surface area (Å²) in [5, 5.41) is 14.3. The molecule has 8 heteroatoms. The van der Waals surface area contributed by atoms with Gasteiger partial charge in [-0.15, -0.1) is 0 Å². The van der Waals surface area contributed by atoms with Crippen LogP contribution in [-0.2, 0) is 14.4 Å². The fourth-order valence-corrected chi connectivity index (χ4v) is 4.87. The van der Waals surface area contributed by atoms with E-state index in [0.717, 1.165) is 11.3 Å². The van der Waals surface area contributed by atoms with Gasteiger partial charge in [0.15, 0.2) is 0 Å². The van der Waals surface area contributed by atoms with Gasteiger partial charge in [0, 0.05) is 43.6 Å². The minimum absolute atomic E-state index is 0.00686. The minimum Gasteiger partial charge on any atom is -0.507 e. The molecule has 3 aromatic carbocycles. The molecule has 1 atom stereocenters. The molecule has 0 radical (unpaired) electrons. The summed E-state index contributed by atoms with van der Waals surface area (Å²) in [5.74, 6) is -1.17. The molecule has 0 bridgehead atoms. The Kier molecular flexibility index (Phi) is 8.28. The van der Waals surface area contributed by atoms with E-state index in [-0.39, 0.29) is 23.2 Å². The maximum absolute atomic E-state index is 13.6. The highest BCUT2D eigenvalue weighted by molar-refractivity contribution is 6.51. The average molecular weight is 542 g/mol. The van der Waals surface area contributed by atoms with Crippen LogP contribution in [0.2, 0.25) is 0 Å². The molecule has 2 amide bonds. The SMILES string of the molecule is CCOc1ccc(/C(O)=C2/C(=O)C(=O)N(c3ccc(NC(C)=O)cc3)C2c2ccc(N(C)C)cc2)cc1C(C)C. The quantitative estimate of drug-likeness (QED) is 0.211. The van der Waals surface area contributed by atoms with Gasteiger partial charge in [-0.2, -0.15) is 0 Å². The standard InChI is InChI=1S/C32H35N3O5/c1-7-40-27-17-10-22(18-26(27)19(2)3)30(37)28-29(21-8-13-24(14-9-21)34(5)6)35(32(39)31(28)38)25-15-11-23(12-16-25)33-20(4)36/h8-19,29,37H,7H2,1-6H3,(H,33,36)/b30-28-. The Bertz CT molecular complexity index is 1460. The van der Waals surface area contributed by atoms with E-state index in [9.17, 15) is 19.5 Å². The molecule has 1 heterocycles. The lowest BCUT2D eigenvalue weighted by molar-refractivity contribution is -0.132. The van der Waals surface area contributed by atoms with Gasteiger partial charge in [-0.25, -0.2) is 0 Å². The van der Waals surface area contributed by atoms with Gasteiger partial charge in [-0.05, 0) is 78.6 Å². The van der Waals surface area contributed by atoms with Crippen LogP contribution in [0.5, 0.6) is 5.75 Å². The van der Waals surface area contributed by atoms with Crippen LogP contribution in [0.15, 0.2) is 72.3 Å². The molecule has 8 nitrogen and oxygen atoms in total. The molecule has 1 fully saturated rings. The molecular formula is C32H35N3O5. The van der Waals surface area contributed by atoms with Crippen molar-refractivity contribution in [1.82, 2.24) is 0 Å². The third kappa shape index (κ3) is 5.57. The number of nitrogens with zero attached hydrogens (tertiary/aromatic N) is 2. The smallest absolute Gasteiger partial charge is 0.300 e. The van der Waals surface area contributed by atoms with E-state index in [0.29, 0.717) is 34.9 Å². The summed E-state index contributed by atoms with van der Waals surface area (Å²) in [6.45, 7) is 7.87. The molecule has 2 N–H and O–H groups in total. The predicted molar refractivity (Wildman–Crippen MR) is 158 cm³/mol. The van der Waals surface area contributed by atoms with Gasteiger partial charge in [-0.3, -0.25) is 19.3 Å². The van der Waals surface area contributed by atoms with Gasteiger partial charge < -0.3 is 20.1 Å². The number of rotatable bonds is 8. The molecule has 208 valence electrons. The fourth-order valence-electron chi connectivity index (χ4n) is 4.87. The largest absolute Gasteiger partial charge is 0.507 e. The van der Waals surface area contributed by atoms with E-state index < -0.39 is 17.7 Å². The van der Waals surface area contributed by atoms with Gasteiger partial charge in [0.1, 0.15) is 11.5 Å². The molecule has 1 unspecified atom stereocenters. The van der Waals surface area contributed by atoms with Crippen molar-refractivity contribution in [1.29, 1.82) is 0 Å². The Morgan fingerprint density at radius 3 is 2.23 bits per heavy atom. The summed E-state index contributed by atoms with van der Waals surface area (Å²) in [5.41, 5.74) is 3.98. The Labute approximate surface area is 234 Å². The molecule has 0 aromatic heterocycles. The third-order valence-electron chi connectivity index (χ3n) is 6.84. The highest BCUT2D eigenvalue weighted by atomic mass is 16.5. The first kappa shape index (κ1) is 28.4. The summed E-state index contributed by atoms with van der Waals surface area (Å²) in [7, 11) is 3.85. The molecule has 1 aliphatic rings. The van der Waals surface area contributed by atoms with E-state index >= 15 is 0 Å². The molecule has 1 aliphatic heterocycles. The van der Waals surface area contributed by atoms with Crippen molar-refractivity contribution in [2.24, 2.45) is 0 Å². The van der Waals surface area contributed by atoms with Crippen molar-refractivity contribution in [2.75, 3.05) is 35.8 Å². The van der Waals surface area contributed by atoms with E-state index in [2.05, 4.69) is 5.32 Å². The van der Waals surface area contributed by atoms with Crippen molar-refractivity contribution in [3.05, 3.63) is 89.0 Å². The zero-order chi connectivity index (χ0) is 29.1. The lowest BCUT2D eigenvalue weighted by atomic mass is 9.93. The van der Waals surface area contributed by atoms with Crippen molar-refractivity contribution in [3.8, 4) is 5.75 Å². The maximum atomic E-state index is 13.6. The normalized spacial score (nSPS) is 16.4. The molecule has 40 heavy (non-hydrogen) atoms. The number of aliphatic hydroxyl groups excluding tert-OH is 1. The van der Waals surface area contributed by atoms with E-state index in [4.69, 9.17) is 4.74 Å². The molecular weight excluding hydrogens is 506 g/mol. The summed E-state index contributed by atoms with van der Waals surface area (Å²) in [6, 6.07) is 18.6. The monoisotopic (exact) mass is 541 g/mol. The Hall–Kier alpha value is -4.59. The molecule has 0 spiro atoms. The number of nitrogens with one attached hydrogen (secondary N) is 1. The van der Waals surface area contributed by atoms with Crippen LogP contribution in [0.1, 0.15) is 56.3 Å². The molecule has 0 saturated carbocycles. The third-order valence-corrected chi connectivity index (χ3v) is 6.84. The lowest BCUT2D eigenvalue weighted by Gasteiger charge is -2.26. The van der Waals surface area contributed by atoms with Crippen LogP contribution >= 0.6 is 0 Å². The first-order chi connectivity index (χ1) is 19.0. The second-order valence-electron chi connectivity index (χ2n) is 10.2. The number of hydrogen-bond acceptors (Lipinski definition) is 6. The van der Waals surface area contributed by atoms with Crippen molar-refractivity contribution in [2.45, 2.75) is 39.7 Å². The second kappa shape index (κ2) is 11.7. The predicted octanol–water partition coefficient (Wildman–Crippen LogP) is 5.86. The van der Waals surface area contributed by atoms with Crippen LogP contribution in [0, 0.1) is 0 Å². The van der Waals surface area contributed by atoms with Crippen LogP contribution in [0.3, 0.4) is 0 Å². The van der Waals surface area contributed by atoms with Crippen LogP contribution < -0.4 is 19.9 Å². The number of anilines is 3. The topological polar surface area (TPSA) is 99.2 Å². The highest BCUT2D eigenvalue weighted by Crippen LogP contribution is 2.43. The van der Waals surface area contributed by atoms with E-state index in [1.807, 2.05) is 70.1 Å². The van der Waals surface area contributed by atoms with Gasteiger partial charge in [0.05, 0.1) is 18.2 Å². The number of carbonyl (C=O) groups excluding carboxylic acids is 3. The molecule has 1 saturated heterocycles. The molecule has 0 aliphatic carbocycles. The lowest BCUT2D eigenvalue weighted by Crippen LogP contribution is -2.29. The van der Waals surface area contributed by atoms with Gasteiger partial charge in [-0.1, -0.05) is 26.0 Å². The van der Waals surface area contributed by atoms with Crippen molar-refractivity contribution >= 4 is 40.4 Å². The number of Topliss-reactive ketones (excluding diaryl/α,β-unsaturated/α-hetero) is 1. The van der Waals surface area contributed by atoms with Crippen LogP contribution in [0.4, 0.5) is 17.1 Å². The number of aliphatic hydroxyl groups is 1. The Balaban J connectivity index is 1.89. The highest BCUT2D eigenvalue weighted by Gasteiger charge is 2.47. The number of hydrogen-bond donors (Lipinski definition) is 2.